The van der Waals surface area contributed by atoms with Gasteiger partial charge in [0.05, 0.1) is 18.6 Å². The SMILES string of the molecule is CCCCNC(=O)[C@H](C)N(Cc1ccc(Cl)cc1Cl)C(=O)CN(c1ccccc1OCC)S(C)(=O)=O. The third-order valence-electron chi connectivity index (χ3n) is 5.47. The molecular weight excluding hydrogens is 525 g/mol. The molecular formula is C25H33Cl2N3O5S. The zero-order valence-electron chi connectivity index (χ0n) is 21.0. The van der Waals surface area contributed by atoms with Crippen LogP contribution in [0.3, 0.4) is 0 Å². The molecule has 0 heterocycles. The van der Waals surface area contributed by atoms with E-state index < -0.39 is 28.5 Å². The maximum absolute atomic E-state index is 13.6. The highest BCUT2D eigenvalue weighted by atomic mass is 35.5. The largest absolute Gasteiger partial charge is 0.492 e. The van der Waals surface area contributed by atoms with Crippen molar-refractivity contribution in [3.05, 3.63) is 58.1 Å². The molecule has 11 heteroatoms. The fourth-order valence-electron chi connectivity index (χ4n) is 3.49. The second-order valence-corrected chi connectivity index (χ2v) is 11.0. The van der Waals surface area contributed by atoms with Crippen LogP contribution in [0.1, 0.15) is 39.2 Å². The van der Waals surface area contributed by atoms with Crippen LogP contribution in [0.5, 0.6) is 5.75 Å². The van der Waals surface area contributed by atoms with E-state index in [0.717, 1.165) is 23.4 Å². The fourth-order valence-corrected chi connectivity index (χ4v) is 4.81. The fraction of sp³-hybridized carbons (Fsp3) is 0.440. The van der Waals surface area contributed by atoms with E-state index in [-0.39, 0.29) is 18.1 Å². The Bertz CT molecular complexity index is 1160. The Morgan fingerprint density at radius 1 is 1.11 bits per heavy atom. The van der Waals surface area contributed by atoms with Crippen LogP contribution in [0.4, 0.5) is 5.69 Å². The Labute approximate surface area is 223 Å². The van der Waals surface area contributed by atoms with Gasteiger partial charge in [0.25, 0.3) is 0 Å². The maximum atomic E-state index is 13.6. The summed E-state index contributed by atoms with van der Waals surface area (Å²) in [4.78, 5) is 27.8. The number of anilines is 1. The molecule has 0 aliphatic carbocycles. The molecule has 2 rings (SSSR count). The first-order valence-corrected chi connectivity index (χ1v) is 14.3. The van der Waals surface area contributed by atoms with Gasteiger partial charge in [-0.15, -0.1) is 0 Å². The Kier molecular flexibility index (Phi) is 11.3. The first-order valence-electron chi connectivity index (χ1n) is 11.7. The highest BCUT2D eigenvalue weighted by Gasteiger charge is 2.31. The molecule has 2 aromatic rings. The van der Waals surface area contributed by atoms with Crippen molar-refractivity contribution < 1.29 is 22.7 Å². The van der Waals surface area contributed by atoms with Gasteiger partial charge in [-0.3, -0.25) is 13.9 Å². The summed E-state index contributed by atoms with van der Waals surface area (Å²) >= 11 is 12.4. The lowest BCUT2D eigenvalue weighted by Gasteiger charge is -2.32. The number of para-hydroxylation sites is 2. The number of halogens is 2. The number of amides is 2. The second kappa shape index (κ2) is 13.7. The Morgan fingerprint density at radius 3 is 2.42 bits per heavy atom. The van der Waals surface area contributed by atoms with E-state index in [2.05, 4.69) is 5.32 Å². The van der Waals surface area contributed by atoms with E-state index >= 15 is 0 Å². The minimum atomic E-state index is -3.88. The topological polar surface area (TPSA) is 96.0 Å². The zero-order valence-corrected chi connectivity index (χ0v) is 23.3. The quantitative estimate of drug-likeness (QED) is 0.366. The van der Waals surface area contributed by atoms with Crippen LogP contribution < -0.4 is 14.4 Å². The molecule has 2 aromatic carbocycles. The van der Waals surface area contributed by atoms with Gasteiger partial charge >= 0.3 is 0 Å². The lowest BCUT2D eigenvalue weighted by atomic mass is 10.1. The van der Waals surface area contributed by atoms with E-state index in [9.17, 15) is 18.0 Å². The Balaban J connectivity index is 2.43. The number of carbonyl (C=O) groups excluding carboxylic acids is 2. The Morgan fingerprint density at radius 2 is 1.81 bits per heavy atom. The number of carbonyl (C=O) groups is 2. The molecule has 2 amide bonds. The van der Waals surface area contributed by atoms with Crippen LogP contribution in [0, 0.1) is 0 Å². The normalized spacial score (nSPS) is 12.1. The molecule has 1 N–H and O–H groups in total. The average molecular weight is 559 g/mol. The lowest BCUT2D eigenvalue weighted by Crippen LogP contribution is -2.51. The van der Waals surface area contributed by atoms with Gasteiger partial charge in [0, 0.05) is 23.1 Å². The van der Waals surface area contributed by atoms with E-state index in [0.29, 0.717) is 34.5 Å². The van der Waals surface area contributed by atoms with Gasteiger partial charge in [0.2, 0.25) is 21.8 Å². The molecule has 8 nitrogen and oxygen atoms in total. The van der Waals surface area contributed by atoms with Crippen molar-refractivity contribution in [2.75, 3.05) is 30.3 Å². The first kappa shape index (κ1) is 29.7. The molecule has 0 bridgehead atoms. The number of benzene rings is 2. The van der Waals surface area contributed by atoms with Gasteiger partial charge in [-0.25, -0.2) is 8.42 Å². The summed E-state index contributed by atoms with van der Waals surface area (Å²) < 4.78 is 32.1. The number of hydrogen-bond acceptors (Lipinski definition) is 5. The molecule has 0 saturated carbocycles. The number of hydrogen-bond donors (Lipinski definition) is 1. The van der Waals surface area contributed by atoms with Gasteiger partial charge in [0.1, 0.15) is 18.3 Å². The monoisotopic (exact) mass is 557 g/mol. The van der Waals surface area contributed by atoms with Crippen LogP contribution in [-0.2, 0) is 26.2 Å². The van der Waals surface area contributed by atoms with Crippen LogP contribution in [0.25, 0.3) is 0 Å². The summed E-state index contributed by atoms with van der Waals surface area (Å²) in [5.74, 6) is -0.589. The third-order valence-corrected chi connectivity index (χ3v) is 7.18. The van der Waals surface area contributed by atoms with Crippen molar-refractivity contribution in [1.29, 1.82) is 0 Å². The predicted molar refractivity (Wildman–Crippen MR) is 144 cm³/mol. The number of nitrogens with zero attached hydrogens (tertiary/aromatic N) is 2. The van der Waals surface area contributed by atoms with E-state index in [1.807, 2.05) is 6.92 Å². The van der Waals surface area contributed by atoms with Crippen molar-refractivity contribution >= 4 is 50.7 Å². The van der Waals surface area contributed by atoms with E-state index in [4.69, 9.17) is 27.9 Å². The molecule has 0 aliphatic heterocycles. The average Bonchev–Trinajstić information content (AvgIpc) is 2.81. The number of ether oxygens (including phenoxy) is 1. The van der Waals surface area contributed by atoms with Crippen molar-refractivity contribution in [1.82, 2.24) is 10.2 Å². The molecule has 0 aromatic heterocycles. The molecule has 198 valence electrons. The standard InChI is InChI=1S/C25H33Cl2N3O5S/c1-5-7-14-28-25(32)18(3)29(16-19-12-13-20(26)15-21(19)27)24(31)17-30(36(4,33)34)22-10-8-9-11-23(22)35-6-2/h8-13,15,18H,5-7,14,16-17H2,1-4H3,(H,28,32)/t18-/m0/s1. The molecule has 0 radical (unpaired) electrons. The van der Waals surface area contributed by atoms with Crippen LogP contribution >= 0.6 is 23.2 Å². The van der Waals surface area contributed by atoms with Crippen molar-refractivity contribution in [3.63, 3.8) is 0 Å². The third kappa shape index (κ3) is 8.28. The minimum Gasteiger partial charge on any atom is -0.492 e. The molecule has 36 heavy (non-hydrogen) atoms. The van der Waals surface area contributed by atoms with Gasteiger partial charge < -0.3 is 15.0 Å². The molecule has 1 atom stereocenters. The highest BCUT2D eigenvalue weighted by Crippen LogP contribution is 2.30. The molecule has 0 saturated heterocycles. The highest BCUT2D eigenvalue weighted by molar-refractivity contribution is 7.92. The maximum Gasteiger partial charge on any atom is 0.244 e. The van der Waals surface area contributed by atoms with Gasteiger partial charge in [-0.1, -0.05) is 54.7 Å². The number of unbranched alkanes of at least 4 members (excludes halogenated alkanes) is 1. The van der Waals surface area contributed by atoms with E-state index in [1.54, 1.807) is 56.3 Å². The number of sulfonamides is 1. The summed E-state index contributed by atoms with van der Waals surface area (Å²) in [5.41, 5.74) is 0.808. The summed E-state index contributed by atoms with van der Waals surface area (Å²) in [7, 11) is -3.88. The molecule has 0 spiro atoms. The molecule has 0 fully saturated rings. The van der Waals surface area contributed by atoms with Gasteiger partial charge in [-0.2, -0.15) is 0 Å². The zero-order chi connectivity index (χ0) is 26.9. The number of rotatable bonds is 13. The summed E-state index contributed by atoms with van der Waals surface area (Å²) in [6.07, 6.45) is 2.72. The lowest BCUT2D eigenvalue weighted by molar-refractivity contribution is -0.139. The van der Waals surface area contributed by atoms with E-state index in [1.165, 1.54) is 4.90 Å². The smallest absolute Gasteiger partial charge is 0.244 e. The van der Waals surface area contributed by atoms with Crippen LogP contribution in [-0.4, -0.2) is 57.1 Å². The molecule has 0 unspecified atom stereocenters. The number of nitrogens with one attached hydrogen (secondary N) is 1. The Hall–Kier alpha value is -2.49. The van der Waals surface area contributed by atoms with Gasteiger partial charge in [0.15, 0.2) is 0 Å². The predicted octanol–water partition coefficient (Wildman–Crippen LogP) is 4.49. The summed E-state index contributed by atoms with van der Waals surface area (Å²) in [6.45, 7) is 5.64. The molecule has 0 aliphatic rings. The second-order valence-electron chi connectivity index (χ2n) is 8.25. The summed E-state index contributed by atoms with van der Waals surface area (Å²) in [6, 6.07) is 10.6. The first-order chi connectivity index (χ1) is 17.0. The summed E-state index contributed by atoms with van der Waals surface area (Å²) in [5, 5.41) is 3.60. The van der Waals surface area contributed by atoms with Crippen molar-refractivity contribution in [3.8, 4) is 5.75 Å². The van der Waals surface area contributed by atoms with Crippen LogP contribution in [0.15, 0.2) is 42.5 Å². The van der Waals surface area contributed by atoms with Gasteiger partial charge in [-0.05, 0) is 50.1 Å². The minimum absolute atomic E-state index is 0.0120. The van der Waals surface area contributed by atoms with Crippen molar-refractivity contribution in [2.45, 2.75) is 46.2 Å². The van der Waals surface area contributed by atoms with Crippen LogP contribution in [0.2, 0.25) is 10.0 Å². The van der Waals surface area contributed by atoms with Crippen molar-refractivity contribution in [2.24, 2.45) is 0 Å².